The third-order valence-corrected chi connectivity index (χ3v) is 3.23. The largest absolute Gasteiger partial charge is 0.460 e. The molecule has 1 aromatic carbocycles. The van der Waals surface area contributed by atoms with E-state index in [4.69, 9.17) is 20.9 Å². The lowest BCUT2D eigenvalue weighted by molar-refractivity contribution is -0.119. The summed E-state index contributed by atoms with van der Waals surface area (Å²) in [7, 11) is 0. The molecule has 6 nitrogen and oxygen atoms in total. The van der Waals surface area contributed by atoms with Crippen LogP contribution in [0.4, 0.5) is 0 Å². The zero-order valence-corrected chi connectivity index (χ0v) is 12.9. The Labute approximate surface area is 132 Å². The molecule has 0 bridgehead atoms. The van der Waals surface area contributed by atoms with E-state index in [1.54, 1.807) is 31.2 Å². The number of hydrogen-bond donors (Lipinski definition) is 1. The van der Waals surface area contributed by atoms with Crippen molar-refractivity contribution in [2.75, 3.05) is 13.2 Å². The van der Waals surface area contributed by atoms with Gasteiger partial charge in [-0.2, -0.15) is 0 Å². The average molecular weight is 323 g/mol. The van der Waals surface area contributed by atoms with E-state index in [1.807, 2.05) is 0 Å². The number of esters is 1. The van der Waals surface area contributed by atoms with Gasteiger partial charge in [0.05, 0.1) is 11.6 Å². The fourth-order valence-corrected chi connectivity index (χ4v) is 2.12. The van der Waals surface area contributed by atoms with Crippen molar-refractivity contribution in [1.29, 1.82) is 0 Å². The maximum absolute atomic E-state index is 12.2. The Kier molecular flexibility index (Phi) is 5.16. The Hall–Kier alpha value is -2.34. The molecule has 7 heteroatoms. The lowest BCUT2D eigenvalue weighted by Crippen LogP contribution is -2.25. The summed E-state index contributed by atoms with van der Waals surface area (Å²) in [5.41, 5.74) is 1.17. The van der Waals surface area contributed by atoms with Crippen LogP contribution in [-0.4, -0.2) is 30.2 Å². The zero-order chi connectivity index (χ0) is 16.1. The van der Waals surface area contributed by atoms with E-state index in [0.717, 1.165) is 0 Å². The van der Waals surface area contributed by atoms with Crippen molar-refractivity contribution in [3.05, 3.63) is 40.6 Å². The highest BCUT2D eigenvalue weighted by atomic mass is 35.5. The molecule has 1 amide bonds. The van der Waals surface area contributed by atoms with Crippen molar-refractivity contribution in [1.82, 2.24) is 10.5 Å². The molecule has 0 spiro atoms. The number of carbonyl (C=O) groups excluding carboxylic acids is 2. The minimum atomic E-state index is -0.570. The van der Waals surface area contributed by atoms with E-state index in [0.29, 0.717) is 22.0 Å². The number of nitrogens with zero attached hydrogens (tertiary/aromatic N) is 1. The van der Waals surface area contributed by atoms with E-state index in [2.05, 4.69) is 10.5 Å². The van der Waals surface area contributed by atoms with Crippen molar-refractivity contribution < 1.29 is 18.8 Å². The third-order valence-electron chi connectivity index (χ3n) is 2.90. The molecule has 2 rings (SSSR count). The molecular formula is C15H15ClN2O4. The van der Waals surface area contributed by atoms with Crippen LogP contribution >= 0.6 is 11.6 Å². The van der Waals surface area contributed by atoms with Crippen LogP contribution in [0.3, 0.4) is 0 Å². The summed E-state index contributed by atoms with van der Waals surface area (Å²) < 4.78 is 10.2. The first-order chi connectivity index (χ1) is 10.5. The van der Waals surface area contributed by atoms with Crippen LogP contribution < -0.4 is 5.32 Å². The van der Waals surface area contributed by atoms with Gasteiger partial charge in [0.1, 0.15) is 23.6 Å². The Balaban J connectivity index is 2.18. The molecule has 0 saturated carbocycles. The van der Waals surface area contributed by atoms with Gasteiger partial charge >= 0.3 is 5.97 Å². The number of rotatable bonds is 5. The second-order valence-electron chi connectivity index (χ2n) is 4.56. The van der Waals surface area contributed by atoms with Crippen molar-refractivity contribution in [2.45, 2.75) is 13.8 Å². The van der Waals surface area contributed by atoms with E-state index >= 15 is 0 Å². The minimum Gasteiger partial charge on any atom is -0.460 e. The van der Waals surface area contributed by atoms with Crippen LogP contribution in [0, 0.1) is 6.92 Å². The molecule has 1 heterocycles. The fraction of sp³-hybridized carbons (Fsp3) is 0.267. The second-order valence-corrected chi connectivity index (χ2v) is 4.97. The average Bonchev–Trinajstić information content (AvgIpc) is 2.85. The number of carbonyl (C=O) groups is 2. The highest BCUT2D eigenvalue weighted by Crippen LogP contribution is 2.31. The molecule has 22 heavy (non-hydrogen) atoms. The molecule has 0 radical (unpaired) electrons. The molecule has 0 atom stereocenters. The van der Waals surface area contributed by atoms with E-state index in [9.17, 15) is 9.59 Å². The highest BCUT2D eigenvalue weighted by Gasteiger charge is 2.24. The van der Waals surface area contributed by atoms with Gasteiger partial charge in [-0.15, -0.1) is 0 Å². The lowest BCUT2D eigenvalue weighted by atomic mass is 10.1. The number of aryl methyl sites for hydroxylation is 1. The monoisotopic (exact) mass is 322 g/mol. The van der Waals surface area contributed by atoms with E-state index in [1.165, 1.54) is 6.92 Å². The summed E-state index contributed by atoms with van der Waals surface area (Å²) in [6.07, 6.45) is 0. The maximum atomic E-state index is 12.2. The summed E-state index contributed by atoms with van der Waals surface area (Å²) in [6.45, 7) is 3.32. The van der Waals surface area contributed by atoms with Gasteiger partial charge in [-0.1, -0.05) is 35.0 Å². The van der Waals surface area contributed by atoms with Gasteiger partial charge in [-0.05, 0) is 13.0 Å². The third kappa shape index (κ3) is 3.65. The van der Waals surface area contributed by atoms with Gasteiger partial charge in [0.15, 0.2) is 0 Å². The van der Waals surface area contributed by atoms with Crippen molar-refractivity contribution in [2.24, 2.45) is 0 Å². The minimum absolute atomic E-state index is 0.0605. The van der Waals surface area contributed by atoms with Crippen molar-refractivity contribution >= 4 is 23.5 Å². The molecule has 0 aliphatic heterocycles. The first kappa shape index (κ1) is 16.0. The van der Waals surface area contributed by atoms with Crippen LogP contribution in [0.5, 0.6) is 0 Å². The lowest BCUT2D eigenvalue weighted by Gasteiger charge is -2.06. The Morgan fingerprint density at radius 2 is 2.09 bits per heavy atom. The van der Waals surface area contributed by atoms with Crippen LogP contribution in [0.15, 0.2) is 28.8 Å². The predicted molar refractivity (Wildman–Crippen MR) is 80.7 cm³/mol. The number of ether oxygens (including phenoxy) is 1. The molecule has 2 aromatic rings. The van der Waals surface area contributed by atoms with Crippen molar-refractivity contribution in [3.8, 4) is 11.3 Å². The highest BCUT2D eigenvalue weighted by molar-refractivity contribution is 6.33. The maximum Gasteiger partial charge on any atom is 0.344 e. The molecule has 0 saturated heterocycles. The van der Waals surface area contributed by atoms with E-state index in [-0.39, 0.29) is 24.6 Å². The number of halogens is 1. The topological polar surface area (TPSA) is 81.4 Å². The molecule has 0 aliphatic rings. The van der Waals surface area contributed by atoms with Crippen LogP contribution in [0.25, 0.3) is 11.3 Å². The first-order valence-electron chi connectivity index (χ1n) is 6.63. The van der Waals surface area contributed by atoms with Crippen LogP contribution in [0.2, 0.25) is 5.02 Å². The molecule has 1 aromatic heterocycles. The van der Waals surface area contributed by atoms with Crippen molar-refractivity contribution in [3.63, 3.8) is 0 Å². The Bertz CT molecular complexity index is 697. The summed E-state index contributed by atoms with van der Waals surface area (Å²) in [4.78, 5) is 23.0. The standard InChI is InChI=1S/C15H15ClN2O4/c1-9-13(15(20)21-8-7-17-10(2)19)14(18-22-9)11-5-3-4-6-12(11)16/h3-6H,7-8H2,1-2H3,(H,17,19). The predicted octanol–water partition coefficient (Wildman–Crippen LogP) is 2.60. The number of hydrogen-bond acceptors (Lipinski definition) is 5. The first-order valence-corrected chi connectivity index (χ1v) is 7.01. The smallest absolute Gasteiger partial charge is 0.344 e. The number of benzene rings is 1. The molecule has 0 aliphatic carbocycles. The molecule has 0 fully saturated rings. The van der Waals surface area contributed by atoms with E-state index < -0.39 is 5.97 Å². The summed E-state index contributed by atoms with van der Waals surface area (Å²) in [5, 5.41) is 6.90. The van der Waals surface area contributed by atoms with Gasteiger partial charge < -0.3 is 14.6 Å². The quantitative estimate of drug-likeness (QED) is 0.676. The Morgan fingerprint density at radius 1 is 1.36 bits per heavy atom. The molecule has 1 N–H and O–H groups in total. The summed E-state index contributed by atoms with van der Waals surface area (Å²) >= 11 is 6.13. The van der Waals surface area contributed by atoms with Gasteiger partial charge in [0.25, 0.3) is 0 Å². The zero-order valence-electron chi connectivity index (χ0n) is 12.2. The van der Waals surface area contributed by atoms with Gasteiger partial charge in [-0.25, -0.2) is 4.79 Å². The van der Waals surface area contributed by atoms with Gasteiger partial charge in [0.2, 0.25) is 5.91 Å². The summed E-state index contributed by atoms with van der Waals surface area (Å²) in [5.74, 6) is -0.410. The number of nitrogens with one attached hydrogen (secondary N) is 1. The second kappa shape index (κ2) is 7.09. The number of aromatic nitrogens is 1. The Morgan fingerprint density at radius 3 is 2.77 bits per heavy atom. The van der Waals surface area contributed by atoms with Gasteiger partial charge in [-0.3, -0.25) is 4.79 Å². The fourth-order valence-electron chi connectivity index (χ4n) is 1.89. The van der Waals surface area contributed by atoms with Crippen LogP contribution in [0.1, 0.15) is 23.0 Å². The molecule has 0 unspecified atom stereocenters. The molecular weight excluding hydrogens is 308 g/mol. The molecule has 116 valence electrons. The normalized spacial score (nSPS) is 10.3. The SMILES string of the molecule is CC(=O)NCCOC(=O)c1c(-c2ccccc2Cl)noc1C. The summed E-state index contributed by atoms with van der Waals surface area (Å²) in [6, 6.07) is 7.02. The number of amides is 1. The van der Waals surface area contributed by atoms with Gasteiger partial charge in [0, 0.05) is 12.5 Å². The van der Waals surface area contributed by atoms with Crippen LogP contribution in [-0.2, 0) is 9.53 Å².